The topological polar surface area (TPSA) is 101 Å². The summed E-state index contributed by atoms with van der Waals surface area (Å²) in [7, 11) is 1.55. The number of amides is 4. The smallest absolute Gasteiger partial charge is 0.325 e. The molecule has 1 aliphatic rings. The van der Waals surface area contributed by atoms with Gasteiger partial charge in [0.2, 0.25) is 5.91 Å². The van der Waals surface area contributed by atoms with Gasteiger partial charge in [0.15, 0.2) is 5.13 Å². The Hall–Kier alpha value is -3.46. The third kappa shape index (κ3) is 3.48. The van der Waals surface area contributed by atoms with Crippen LogP contribution in [-0.4, -0.2) is 41.4 Å². The number of carbonyl (C=O) groups is 3. The van der Waals surface area contributed by atoms with Crippen molar-refractivity contribution in [2.45, 2.75) is 19.4 Å². The monoisotopic (exact) mass is 424 g/mol. The highest BCUT2D eigenvalue weighted by Gasteiger charge is 2.49. The molecule has 0 aliphatic carbocycles. The third-order valence-electron chi connectivity index (χ3n) is 5.03. The average molecular weight is 424 g/mol. The molecule has 2 N–H and O–H groups in total. The second-order valence-corrected chi connectivity index (χ2v) is 8.24. The third-order valence-corrected chi connectivity index (χ3v) is 5.97. The molecule has 1 fully saturated rings. The van der Waals surface area contributed by atoms with E-state index in [0.717, 1.165) is 20.7 Å². The summed E-state index contributed by atoms with van der Waals surface area (Å²) in [5.74, 6) is -0.345. The summed E-state index contributed by atoms with van der Waals surface area (Å²) in [5.41, 5.74) is 1.23. The van der Waals surface area contributed by atoms with E-state index in [1.54, 1.807) is 38.3 Å². The minimum absolute atomic E-state index is 0.397. The molecule has 3 aromatic rings. The standard InChI is InChI=1S/C21H20N4O4S/c1-12-4-9-15-16(10-12)30-19(22-15)23-17(26)11-25-18(27)21(2,24-20(25)28)13-5-7-14(29-3)8-6-13/h4-10H,11H2,1-3H3,(H,24,28)(H,22,23,26)/t21-/m1/s1. The Morgan fingerprint density at radius 1 is 1.23 bits per heavy atom. The van der Waals surface area contributed by atoms with E-state index in [0.29, 0.717) is 16.4 Å². The summed E-state index contributed by atoms with van der Waals surface area (Å²) in [5, 5.41) is 5.79. The van der Waals surface area contributed by atoms with Crippen LogP contribution >= 0.6 is 11.3 Å². The Morgan fingerprint density at radius 2 is 1.97 bits per heavy atom. The fraction of sp³-hybridized carbons (Fsp3) is 0.238. The van der Waals surface area contributed by atoms with Crippen molar-refractivity contribution in [2.24, 2.45) is 0 Å². The molecule has 4 amide bonds. The summed E-state index contributed by atoms with van der Waals surface area (Å²) in [6.07, 6.45) is 0. The fourth-order valence-electron chi connectivity index (χ4n) is 3.35. The van der Waals surface area contributed by atoms with Crippen molar-refractivity contribution in [3.8, 4) is 5.75 Å². The van der Waals surface area contributed by atoms with Crippen LogP contribution in [0.4, 0.5) is 9.93 Å². The number of carbonyl (C=O) groups excluding carboxylic acids is 3. The molecule has 30 heavy (non-hydrogen) atoms. The zero-order valence-electron chi connectivity index (χ0n) is 16.7. The zero-order valence-corrected chi connectivity index (χ0v) is 17.5. The predicted molar refractivity (Wildman–Crippen MR) is 114 cm³/mol. The van der Waals surface area contributed by atoms with Gasteiger partial charge in [0.05, 0.1) is 17.3 Å². The van der Waals surface area contributed by atoms with Crippen molar-refractivity contribution in [2.75, 3.05) is 19.0 Å². The lowest BCUT2D eigenvalue weighted by atomic mass is 9.92. The van der Waals surface area contributed by atoms with E-state index in [9.17, 15) is 14.4 Å². The van der Waals surface area contributed by atoms with Crippen LogP contribution in [0.3, 0.4) is 0 Å². The molecular formula is C21H20N4O4S. The van der Waals surface area contributed by atoms with E-state index >= 15 is 0 Å². The average Bonchev–Trinajstić information content (AvgIpc) is 3.21. The Morgan fingerprint density at radius 3 is 2.67 bits per heavy atom. The molecule has 2 heterocycles. The summed E-state index contributed by atoms with van der Waals surface area (Å²) in [6, 6.07) is 12.0. The molecule has 0 unspecified atom stereocenters. The Bertz CT molecular complexity index is 1160. The van der Waals surface area contributed by atoms with Gasteiger partial charge in [0.25, 0.3) is 5.91 Å². The number of methoxy groups -OCH3 is 1. The molecule has 0 radical (unpaired) electrons. The van der Waals surface area contributed by atoms with E-state index in [1.165, 1.54) is 11.3 Å². The summed E-state index contributed by atoms with van der Waals surface area (Å²) in [6.45, 7) is 3.20. The highest BCUT2D eigenvalue weighted by molar-refractivity contribution is 7.22. The number of imide groups is 1. The molecule has 9 heteroatoms. The first-order chi connectivity index (χ1) is 14.3. The number of nitrogens with zero attached hydrogens (tertiary/aromatic N) is 2. The molecule has 0 bridgehead atoms. The molecule has 1 atom stereocenters. The Balaban J connectivity index is 1.48. The zero-order chi connectivity index (χ0) is 21.5. The Labute approximate surface area is 176 Å². The van der Waals surface area contributed by atoms with Crippen LogP contribution in [0.25, 0.3) is 10.2 Å². The van der Waals surface area contributed by atoms with E-state index in [1.807, 2.05) is 25.1 Å². The van der Waals surface area contributed by atoms with Gasteiger partial charge in [-0.3, -0.25) is 14.5 Å². The number of aromatic nitrogens is 1. The van der Waals surface area contributed by atoms with Crippen LogP contribution in [-0.2, 0) is 15.1 Å². The Kier molecular flexibility index (Phi) is 4.90. The van der Waals surface area contributed by atoms with Crippen molar-refractivity contribution in [3.05, 3.63) is 53.6 Å². The number of ether oxygens (including phenoxy) is 1. The predicted octanol–water partition coefficient (Wildman–Crippen LogP) is 3.02. The molecule has 154 valence electrons. The van der Waals surface area contributed by atoms with Crippen molar-refractivity contribution in [1.29, 1.82) is 0 Å². The normalized spacial score (nSPS) is 18.6. The maximum Gasteiger partial charge on any atom is 0.325 e. The van der Waals surface area contributed by atoms with Gasteiger partial charge in [-0.15, -0.1) is 0 Å². The summed E-state index contributed by atoms with van der Waals surface area (Å²) < 4.78 is 6.08. The number of anilines is 1. The van der Waals surface area contributed by atoms with Crippen molar-refractivity contribution >= 4 is 44.5 Å². The van der Waals surface area contributed by atoms with Crippen molar-refractivity contribution in [3.63, 3.8) is 0 Å². The summed E-state index contributed by atoms with van der Waals surface area (Å²) >= 11 is 1.34. The van der Waals surface area contributed by atoms with Gasteiger partial charge in [-0.1, -0.05) is 29.5 Å². The lowest BCUT2D eigenvalue weighted by Crippen LogP contribution is -2.42. The van der Waals surface area contributed by atoms with Crippen LogP contribution in [0.1, 0.15) is 18.1 Å². The van der Waals surface area contributed by atoms with E-state index < -0.39 is 29.9 Å². The molecule has 0 spiro atoms. The molecular weight excluding hydrogens is 404 g/mol. The maximum absolute atomic E-state index is 13.0. The van der Waals surface area contributed by atoms with Gasteiger partial charge in [-0.2, -0.15) is 0 Å². The van der Waals surface area contributed by atoms with Gasteiger partial charge in [-0.25, -0.2) is 9.78 Å². The largest absolute Gasteiger partial charge is 0.497 e. The highest BCUT2D eigenvalue weighted by atomic mass is 32.1. The second-order valence-electron chi connectivity index (χ2n) is 7.21. The number of aryl methyl sites for hydroxylation is 1. The van der Waals surface area contributed by atoms with Gasteiger partial charge < -0.3 is 15.4 Å². The number of urea groups is 1. The van der Waals surface area contributed by atoms with Crippen LogP contribution < -0.4 is 15.4 Å². The molecule has 1 aromatic heterocycles. The number of nitrogens with one attached hydrogen (secondary N) is 2. The van der Waals surface area contributed by atoms with Gasteiger partial charge in [-0.05, 0) is 49.2 Å². The van der Waals surface area contributed by atoms with E-state index in [-0.39, 0.29) is 0 Å². The van der Waals surface area contributed by atoms with Crippen molar-refractivity contribution in [1.82, 2.24) is 15.2 Å². The quantitative estimate of drug-likeness (QED) is 0.613. The molecule has 0 saturated carbocycles. The fourth-order valence-corrected chi connectivity index (χ4v) is 4.33. The SMILES string of the molecule is COc1ccc([C@@]2(C)NC(=O)N(CC(=O)Nc3nc4ccc(C)cc4s3)C2=O)cc1. The summed E-state index contributed by atoms with van der Waals surface area (Å²) in [4.78, 5) is 43.2. The van der Waals surface area contributed by atoms with Crippen LogP contribution in [0.2, 0.25) is 0 Å². The molecule has 4 rings (SSSR count). The molecule has 1 saturated heterocycles. The first-order valence-electron chi connectivity index (χ1n) is 9.26. The number of fused-ring (bicyclic) bond motifs is 1. The lowest BCUT2D eigenvalue weighted by molar-refractivity contribution is -0.133. The minimum atomic E-state index is -1.25. The number of hydrogen-bond donors (Lipinski definition) is 2. The van der Waals surface area contributed by atoms with Crippen LogP contribution in [0.5, 0.6) is 5.75 Å². The number of rotatable bonds is 5. The van der Waals surface area contributed by atoms with Crippen LogP contribution in [0.15, 0.2) is 42.5 Å². The first-order valence-corrected chi connectivity index (χ1v) is 10.1. The van der Waals surface area contributed by atoms with E-state index in [2.05, 4.69) is 15.6 Å². The molecule has 1 aliphatic heterocycles. The van der Waals surface area contributed by atoms with Crippen molar-refractivity contribution < 1.29 is 19.1 Å². The number of benzene rings is 2. The first kappa shape index (κ1) is 19.8. The van der Waals surface area contributed by atoms with Crippen LogP contribution in [0, 0.1) is 6.92 Å². The van der Waals surface area contributed by atoms with Gasteiger partial charge >= 0.3 is 6.03 Å². The molecule has 8 nitrogen and oxygen atoms in total. The minimum Gasteiger partial charge on any atom is -0.497 e. The van der Waals surface area contributed by atoms with Gasteiger partial charge in [0, 0.05) is 0 Å². The second kappa shape index (κ2) is 7.42. The lowest BCUT2D eigenvalue weighted by Gasteiger charge is -2.22. The highest BCUT2D eigenvalue weighted by Crippen LogP contribution is 2.30. The van der Waals surface area contributed by atoms with Gasteiger partial charge in [0.1, 0.15) is 17.8 Å². The maximum atomic E-state index is 13.0. The molecule has 2 aromatic carbocycles. The number of thiazole rings is 1. The van der Waals surface area contributed by atoms with E-state index in [4.69, 9.17) is 4.74 Å². The number of hydrogen-bond acceptors (Lipinski definition) is 6.